The van der Waals surface area contributed by atoms with E-state index in [9.17, 15) is 8.78 Å². The first kappa shape index (κ1) is 10.4. The molecule has 1 nitrogen and oxygen atoms in total. The van der Waals surface area contributed by atoms with E-state index < -0.39 is 11.6 Å². The number of fused-ring (bicyclic) bond motifs is 1. The Bertz CT molecular complexity index is 374. The third-order valence-corrected chi connectivity index (χ3v) is 3.12. The molecule has 0 radical (unpaired) electrons. The summed E-state index contributed by atoms with van der Waals surface area (Å²) in [4.78, 5) is 0. The fourth-order valence-electron chi connectivity index (χ4n) is 2.02. The lowest BCUT2D eigenvalue weighted by Gasteiger charge is -2.29. The van der Waals surface area contributed by atoms with Crippen molar-refractivity contribution in [1.82, 2.24) is 0 Å². The first-order chi connectivity index (χ1) is 7.08. The van der Waals surface area contributed by atoms with Crippen LogP contribution in [0.5, 0.6) is 0 Å². The van der Waals surface area contributed by atoms with Gasteiger partial charge in [-0.15, -0.1) is 0 Å². The Kier molecular flexibility index (Phi) is 2.63. The summed E-state index contributed by atoms with van der Waals surface area (Å²) in [5, 5.41) is 3.10. The van der Waals surface area contributed by atoms with Gasteiger partial charge in [-0.25, -0.2) is 8.78 Å². The average Bonchev–Trinajstić information content (AvgIpc) is 2.16. The van der Waals surface area contributed by atoms with E-state index in [-0.39, 0.29) is 0 Å². The topological polar surface area (TPSA) is 12.0 Å². The number of halogens is 2. The number of rotatable bonds is 1. The van der Waals surface area contributed by atoms with E-state index >= 15 is 0 Å². The van der Waals surface area contributed by atoms with Gasteiger partial charge < -0.3 is 5.32 Å². The summed E-state index contributed by atoms with van der Waals surface area (Å²) < 4.78 is 26.4. The average molecular weight is 211 g/mol. The Morgan fingerprint density at radius 3 is 2.73 bits per heavy atom. The Morgan fingerprint density at radius 1 is 1.33 bits per heavy atom. The van der Waals surface area contributed by atoms with Crippen LogP contribution in [0.4, 0.5) is 14.5 Å². The van der Waals surface area contributed by atoms with Gasteiger partial charge in [0.05, 0.1) is 0 Å². The van der Waals surface area contributed by atoms with Gasteiger partial charge in [-0.3, -0.25) is 0 Å². The molecule has 82 valence electrons. The first-order valence-corrected chi connectivity index (χ1v) is 5.29. The molecule has 1 heterocycles. The number of nitrogens with one attached hydrogen (secondary N) is 1. The smallest absolute Gasteiger partial charge is 0.131 e. The molecule has 0 aromatic heterocycles. The lowest BCUT2D eigenvalue weighted by molar-refractivity contribution is 0.386. The third kappa shape index (κ3) is 1.96. The van der Waals surface area contributed by atoms with Crippen molar-refractivity contribution >= 4 is 5.69 Å². The molecule has 1 unspecified atom stereocenters. The minimum Gasteiger partial charge on any atom is -0.384 e. The van der Waals surface area contributed by atoms with Gasteiger partial charge in [0.1, 0.15) is 11.6 Å². The van der Waals surface area contributed by atoms with E-state index in [2.05, 4.69) is 19.2 Å². The van der Waals surface area contributed by atoms with Crippen LogP contribution in [0.1, 0.15) is 19.4 Å². The molecule has 0 fully saturated rings. The molecule has 15 heavy (non-hydrogen) atoms. The highest BCUT2D eigenvalue weighted by atomic mass is 19.1. The van der Waals surface area contributed by atoms with Gasteiger partial charge in [-0.2, -0.15) is 0 Å². The van der Waals surface area contributed by atoms with Crippen LogP contribution in [-0.4, -0.2) is 6.54 Å². The highest BCUT2D eigenvalue weighted by Crippen LogP contribution is 2.30. The predicted octanol–water partition coefficient (Wildman–Crippen LogP) is 3.21. The van der Waals surface area contributed by atoms with E-state index in [1.54, 1.807) is 0 Å². The Labute approximate surface area is 88.5 Å². The molecule has 2 rings (SSSR count). The SMILES string of the molecule is CC(C)C1CNc2cc(F)cc(F)c2C1. The number of hydrogen-bond acceptors (Lipinski definition) is 1. The van der Waals surface area contributed by atoms with Gasteiger partial charge in [-0.1, -0.05) is 13.8 Å². The molecule has 0 amide bonds. The lowest BCUT2D eigenvalue weighted by atomic mass is 9.85. The van der Waals surface area contributed by atoms with Crippen LogP contribution in [-0.2, 0) is 6.42 Å². The molecule has 0 bridgehead atoms. The summed E-state index contributed by atoms with van der Waals surface area (Å²) in [6, 6.07) is 2.33. The number of anilines is 1. The lowest BCUT2D eigenvalue weighted by Crippen LogP contribution is -2.27. The Hall–Kier alpha value is -1.12. The Morgan fingerprint density at radius 2 is 2.07 bits per heavy atom. The normalized spacial score (nSPS) is 19.9. The molecule has 1 atom stereocenters. The molecule has 0 saturated heterocycles. The molecule has 1 aliphatic rings. The fraction of sp³-hybridized carbons (Fsp3) is 0.500. The first-order valence-electron chi connectivity index (χ1n) is 5.29. The van der Waals surface area contributed by atoms with Crippen molar-refractivity contribution in [1.29, 1.82) is 0 Å². The maximum absolute atomic E-state index is 13.5. The summed E-state index contributed by atoms with van der Waals surface area (Å²) in [6.07, 6.45) is 0.701. The summed E-state index contributed by atoms with van der Waals surface area (Å²) in [6.45, 7) is 5.05. The van der Waals surface area contributed by atoms with Crippen LogP contribution >= 0.6 is 0 Å². The van der Waals surface area contributed by atoms with Crippen LogP contribution in [0, 0.1) is 23.5 Å². The maximum atomic E-state index is 13.5. The zero-order chi connectivity index (χ0) is 11.0. The monoisotopic (exact) mass is 211 g/mol. The van der Waals surface area contributed by atoms with E-state index in [0.717, 1.165) is 12.6 Å². The fourth-order valence-corrected chi connectivity index (χ4v) is 2.02. The van der Waals surface area contributed by atoms with Crippen molar-refractivity contribution in [3.05, 3.63) is 29.3 Å². The molecule has 1 N–H and O–H groups in total. The zero-order valence-corrected chi connectivity index (χ0v) is 8.98. The van der Waals surface area contributed by atoms with Crippen molar-refractivity contribution in [3.8, 4) is 0 Å². The summed E-state index contributed by atoms with van der Waals surface area (Å²) in [5.74, 6) is -0.00263. The van der Waals surface area contributed by atoms with Gasteiger partial charge >= 0.3 is 0 Å². The molecule has 0 aliphatic carbocycles. The van der Waals surface area contributed by atoms with Gasteiger partial charge in [0.2, 0.25) is 0 Å². The second-order valence-corrected chi connectivity index (χ2v) is 4.50. The van der Waals surface area contributed by atoms with Gasteiger partial charge in [0.15, 0.2) is 0 Å². The van der Waals surface area contributed by atoms with Crippen molar-refractivity contribution < 1.29 is 8.78 Å². The second kappa shape index (κ2) is 3.80. The molecular formula is C12H15F2N. The molecule has 1 aromatic carbocycles. The quantitative estimate of drug-likeness (QED) is 0.752. The third-order valence-electron chi connectivity index (χ3n) is 3.12. The van der Waals surface area contributed by atoms with E-state index in [1.807, 2.05) is 0 Å². The minimum atomic E-state index is -0.512. The van der Waals surface area contributed by atoms with Gasteiger partial charge in [0, 0.05) is 23.9 Å². The van der Waals surface area contributed by atoms with E-state index in [1.165, 1.54) is 6.07 Å². The molecule has 0 saturated carbocycles. The molecule has 1 aromatic rings. The van der Waals surface area contributed by atoms with Crippen LogP contribution < -0.4 is 5.32 Å². The molecule has 1 aliphatic heterocycles. The van der Waals surface area contributed by atoms with Gasteiger partial charge in [-0.05, 0) is 24.3 Å². The highest BCUT2D eigenvalue weighted by molar-refractivity contribution is 5.54. The van der Waals surface area contributed by atoms with Crippen LogP contribution in [0.25, 0.3) is 0 Å². The van der Waals surface area contributed by atoms with Crippen molar-refractivity contribution in [2.75, 3.05) is 11.9 Å². The van der Waals surface area contributed by atoms with Crippen LogP contribution in [0.15, 0.2) is 12.1 Å². The second-order valence-electron chi connectivity index (χ2n) is 4.50. The van der Waals surface area contributed by atoms with Crippen molar-refractivity contribution in [3.63, 3.8) is 0 Å². The maximum Gasteiger partial charge on any atom is 0.131 e. The summed E-state index contributed by atoms with van der Waals surface area (Å²) >= 11 is 0. The van der Waals surface area contributed by atoms with E-state index in [0.29, 0.717) is 29.5 Å². The summed E-state index contributed by atoms with van der Waals surface area (Å²) in [7, 11) is 0. The summed E-state index contributed by atoms with van der Waals surface area (Å²) in [5.41, 5.74) is 1.24. The van der Waals surface area contributed by atoms with E-state index in [4.69, 9.17) is 0 Å². The minimum absolute atomic E-state index is 0.428. The van der Waals surface area contributed by atoms with Crippen LogP contribution in [0.3, 0.4) is 0 Å². The van der Waals surface area contributed by atoms with Crippen molar-refractivity contribution in [2.24, 2.45) is 11.8 Å². The number of hydrogen-bond donors (Lipinski definition) is 1. The Balaban J connectivity index is 2.33. The predicted molar refractivity (Wildman–Crippen MR) is 56.9 cm³/mol. The van der Waals surface area contributed by atoms with Crippen LogP contribution in [0.2, 0.25) is 0 Å². The molecule has 3 heteroatoms. The largest absolute Gasteiger partial charge is 0.384 e. The number of benzene rings is 1. The highest BCUT2D eigenvalue weighted by Gasteiger charge is 2.23. The standard InChI is InChI=1S/C12H15F2N/c1-7(2)8-3-10-11(14)4-9(13)5-12(10)15-6-8/h4-5,7-8,15H,3,6H2,1-2H3. The molecule has 0 spiro atoms. The van der Waals surface area contributed by atoms with Gasteiger partial charge in [0.25, 0.3) is 0 Å². The molecular weight excluding hydrogens is 196 g/mol. The van der Waals surface area contributed by atoms with Crippen molar-refractivity contribution in [2.45, 2.75) is 20.3 Å². The zero-order valence-electron chi connectivity index (χ0n) is 8.98.